The Kier molecular flexibility index (Phi) is 3.71. The molecule has 0 radical (unpaired) electrons. The first-order chi connectivity index (χ1) is 8.38. The van der Waals surface area contributed by atoms with Gasteiger partial charge in [-0.05, 0) is 12.8 Å². The van der Waals surface area contributed by atoms with Gasteiger partial charge in [0.2, 0.25) is 5.13 Å². The van der Waals surface area contributed by atoms with Crippen molar-refractivity contribution in [1.82, 2.24) is 9.36 Å². The summed E-state index contributed by atoms with van der Waals surface area (Å²) in [5.41, 5.74) is -0.00186. The van der Waals surface area contributed by atoms with Crippen LogP contribution in [0.3, 0.4) is 0 Å². The molecule has 0 aliphatic heterocycles. The number of carbonyl (C=O) groups excluding carboxylic acids is 1. The van der Waals surface area contributed by atoms with E-state index in [0.29, 0.717) is 24.7 Å². The van der Waals surface area contributed by atoms with Crippen LogP contribution in [-0.2, 0) is 10.2 Å². The van der Waals surface area contributed by atoms with Gasteiger partial charge in [0, 0.05) is 42.9 Å². The Balaban J connectivity index is 2.07. The van der Waals surface area contributed by atoms with E-state index in [4.69, 9.17) is 0 Å². The second kappa shape index (κ2) is 4.96. The molecule has 100 valence electrons. The summed E-state index contributed by atoms with van der Waals surface area (Å²) in [6.45, 7) is 6.37. The molecular weight excluding hydrogens is 246 g/mol. The van der Waals surface area contributed by atoms with Crippen molar-refractivity contribution in [3.8, 4) is 0 Å². The molecule has 1 saturated carbocycles. The lowest BCUT2D eigenvalue weighted by molar-refractivity contribution is -0.120. The van der Waals surface area contributed by atoms with Gasteiger partial charge in [0.05, 0.1) is 0 Å². The van der Waals surface area contributed by atoms with Gasteiger partial charge in [-0.15, -0.1) is 0 Å². The quantitative estimate of drug-likeness (QED) is 0.826. The highest BCUT2D eigenvalue weighted by molar-refractivity contribution is 7.09. The van der Waals surface area contributed by atoms with Crippen molar-refractivity contribution in [2.45, 2.75) is 57.9 Å². The molecule has 1 fully saturated rings. The highest BCUT2D eigenvalue weighted by Crippen LogP contribution is 2.29. The number of aromatic nitrogens is 2. The molecule has 0 saturated heterocycles. The van der Waals surface area contributed by atoms with Crippen molar-refractivity contribution in [2.24, 2.45) is 0 Å². The van der Waals surface area contributed by atoms with Crippen LogP contribution in [0.25, 0.3) is 0 Å². The Morgan fingerprint density at radius 2 is 1.89 bits per heavy atom. The van der Waals surface area contributed by atoms with Crippen LogP contribution in [0.5, 0.6) is 0 Å². The zero-order valence-corrected chi connectivity index (χ0v) is 12.4. The largest absolute Gasteiger partial charge is 0.347 e. The topological polar surface area (TPSA) is 46.1 Å². The molecule has 0 atom stereocenters. The summed E-state index contributed by atoms with van der Waals surface area (Å²) in [5, 5.41) is 0.972. The van der Waals surface area contributed by atoms with E-state index in [-0.39, 0.29) is 5.41 Å². The SMILES string of the molecule is CN(c1nc(C(C)(C)C)ns1)C1CCC(=O)CC1. The van der Waals surface area contributed by atoms with Crippen molar-refractivity contribution >= 4 is 22.4 Å². The smallest absolute Gasteiger partial charge is 0.205 e. The maximum atomic E-state index is 11.3. The number of anilines is 1. The molecule has 1 heterocycles. The minimum absolute atomic E-state index is 0.00186. The molecule has 0 aromatic carbocycles. The molecule has 4 nitrogen and oxygen atoms in total. The molecule has 0 spiro atoms. The maximum Gasteiger partial charge on any atom is 0.205 e. The average Bonchev–Trinajstić information content (AvgIpc) is 2.78. The molecule has 2 rings (SSSR count). The molecular formula is C13H21N3OS. The predicted molar refractivity (Wildman–Crippen MR) is 74.3 cm³/mol. The van der Waals surface area contributed by atoms with Gasteiger partial charge in [-0.1, -0.05) is 20.8 Å². The first-order valence-electron chi connectivity index (χ1n) is 6.46. The minimum Gasteiger partial charge on any atom is -0.347 e. The van der Waals surface area contributed by atoms with Crippen LogP contribution in [-0.4, -0.2) is 28.2 Å². The number of hydrogen-bond donors (Lipinski definition) is 0. The summed E-state index contributed by atoms with van der Waals surface area (Å²) in [4.78, 5) is 18.1. The molecule has 5 heteroatoms. The second-order valence-electron chi connectivity index (χ2n) is 6.03. The third-order valence-electron chi connectivity index (χ3n) is 3.45. The summed E-state index contributed by atoms with van der Waals surface area (Å²) < 4.78 is 4.44. The lowest BCUT2D eigenvalue weighted by Crippen LogP contribution is -2.35. The van der Waals surface area contributed by atoms with Gasteiger partial charge in [0.1, 0.15) is 11.6 Å². The van der Waals surface area contributed by atoms with Gasteiger partial charge >= 0.3 is 0 Å². The highest BCUT2D eigenvalue weighted by Gasteiger charge is 2.26. The van der Waals surface area contributed by atoms with Crippen LogP contribution < -0.4 is 4.90 Å². The highest BCUT2D eigenvalue weighted by atomic mass is 32.1. The maximum absolute atomic E-state index is 11.3. The Morgan fingerprint density at radius 3 is 2.39 bits per heavy atom. The molecule has 1 aromatic heterocycles. The van der Waals surface area contributed by atoms with E-state index in [2.05, 4.69) is 42.1 Å². The van der Waals surface area contributed by atoms with E-state index in [0.717, 1.165) is 23.8 Å². The van der Waals surface area contributed by atoms with E-state index >= 15 is 0 Å². The van der Waals surface area contributed by atoms with Crippen molar-refractivity contribution in [3.63, 3.8) is 0 Å². The third kappa shape index (κ3) is 2.88. The normalized spacial score (nSPS) is 18.1. The van der Waals surface area contributed by atoms with Crippen molar-refractivity contribution < 1.29 is 4.79 Å². The molecule has 1 aliphatic carbocycles. The van der Waals surface area contributed by atoms with Gasteiger partial charge < -0.3 is 4.90 Å². The van der Waals surface area contributed by atoms with Gasteiger partial charge in [0.25, 0.3) is 0 Å². The molecule has 0 N–H and O–H groups in total. The fraction of sp³-hybridized carbons (Fsp3) is 0.769. The van der Waals surface area contributed by atoms with Crippen LogP contribution in [0.1, 0.15) is 52.3 Å². The Hall–Kier alpha value is -0.970. The molecule has 0 unspecified atom stereocenters. The Labute approximate surface area is 113 Å². The summed E-state index contributed by atoms with van der Waals surface area (Å²) >= 11 is 1.46. The van der Waals surface area contributed by atoms with Crippen molar-refractivity contribution in [1.29, 1.82) is 0 Å². The third-order valence-corrected chi connectivity index (χ3v) is 4.26. The van der Waals surface area contributed by atoms with E-state index in [1.807, 2.05) is 0 Å². The molecule has 1 aromatic rings. The van der Waals surface area contributed by atoms with Crippen LogP contribution in [0.15, 0.2) is 0 Å². The fourth-order valence-electron chi connectivity index (χ4n) is 2.13. The van der Waals surface area contributed by atoms with Crippen molar-refractivity contribution in [2.75, 3.05) is 11.9 Å². The van der Waals surface area contributed by atoms with E-state index < -0.39 is 0 Å². The van der Waals surface area contributed by atoms with E-state index in [9.17, 15) is 4.79 Å². The molecule has 1 aliphatic rings. The van der Waals surface area contributed by atoms with Crippen LogP contribution in [0.4, 0.5) is 5.13 Å². The first-order valence-corrected chi connectivity index (χ1v) is 7.24. The summed E-state index contributed by atoms with van der Waals surface area (Å²) in [6.07, 6.45) is 3.30. The molecule has 0 amide bonds. The zero-order chi connectivity index (χ0) is 13.3. The number of ketones is 1. The van der Waals surface area contributed by atoms with Gasteiger partial charge in [0.15, 0.2) is 0 Å². The Morgan fingerprint density at radius 1 is 1.28 bits per heavy atom. The molecule has 0 bridgehead atoms. The average molecular weight is 267 g/mol. The summed E-state index contributed by atoms with van der Waals surface area (Å²) in [7, 11) is 2.06. The van der Waals surface area contributed by atoms with Crippen LogP contribution in [0.2, 0.25) is 0 Å². The summed E-state index contributed by atoms with van der Waals surface area (Å²) in [5.74, 6) is 1.30. The van der Waals surface area contributed by atoms with Crippen molar-refractivity contribution in [3.05, 3.63) is 5.82 Å². The Bertz CT molecular complexity index is 426. The summed E-state index contributed by atoms with van der Waals surface area (Å²) in [6, 6.07) is 0.434. The monoisotopic (exact) mass is 267 g/mol. The van der Waals surface area contributed by atoms with Crippen LogP contribution >= 0.6 is 11.5 Å². The molecule has 18 heavy (non-hydrogen) atoms. The van der Waals surface area contributed by atoms with E-state index in [1.54, 1.807) is 0 Å². The standard InChI is InChI=1S/C13H21N3OS/c1-13(2,3)11-14-12(18-15-11)16(4)9-5-7-10(17)8-6-9/h9H,5-8H2,1-4H3. The van der Waals surface area contributed by atoms with Gasteiger partial charge in [-0.3, -0.25) is 4.79 Å². The first kappa shape index (κ1) is 13.5. The zero-order valence-electron chi connectivity index (χ0n) is 11.6. The lowest BCUT2D eigenvalue weighted by atomic mass is 9.94. The number of nitrogens with zero attached hydrogens (tertiary/aromatic N) is 3. The van der Waals surface area contributed by atoms with Gasteiger partial charge in [-0.25, -0.2) is 4.98 Å². The number of hydrogen-bond acceptors (Lipinski definition) is 5. The van der Waals surface area contributed by atoms with Crippen LogP contribution in [0, 0.1) is 0 Å². The number of rotatable bonds is 2. The predicted octanol–water partition coefficient (Wildman–Crippen LogP) is 2.78. The minimum atomic E-state index is -0.00186. The lowest BCUT2D eigenvalue weighted by Gasteiger charge is -2.30. The van der Waals surface area contributed by atoms with Gasteiger partial charge in [-0.2, -0.15) is 4.37 Å². The second-order valence-corrected chi connectivity index (χ2v) is 6.76. The van der Waals surface area contributed by atoms with E-state index in [1.165, 1.54) is 11.5 Å². The number of carbonyl (C=O) groups is 1. The number of Topliss-reactive ketones (excluding diaryl/α,β-unsaturated/α-hetero) is 1. The fourth-order valence-corrected chi connectivity index (χ4v) is 3.02.